The highest BCUT2D eigenvalue weighted by atomic mass is 19.1. The summed E-state index contributed by atoms with van der Waals surface area (Å²) in [5.41, 5.74) is -0.179. The predicted molar refractivity (Wildman–Crippen MR) is 117 cm³/mol. The topological polar surface area (TPSA) is 81.1 Å². The van der Waals surface area contributed by atoms with E-state index < -0.39 is 35.2 Å². The molecule has 0 spiro atoms. The molecule has 2 saturated heterocycles. The second-order valence-electron chi connectivity index (χ2n) is 9.30. The molecule has 2 N–H and O–H groups in total. The number of aliphatic hydroxyl groups is 1. The lowest BCUT2D eigenvalue weighted by Crippen LogP contribution is -2.57. The quantitative estimate of drug-likeness (QED) is 0.736. The zero-order valence-corrected chi connectivity index (χ0v) is 18.6. The van der Waals surface area contributed by atoms with Crippen LogP contribution in [0.15, 0.2) is 48.5 Å². The first-order valence-corrected chi connectivity index (χ1v) is 11.1. The Morgan fingerprint density at radius 1 is 0.939 bits per heavy atom. The molecule has 0 aromatic heterocycles. The fraction of sp³-hybridized carbons (Fsp3) is 0.440. The van der Waals surface area contributed by atoms with E-state index in [9.17, 15) is 28.6 Å². The molecule has 2 fully saturated rings. The van der Waals surface area contributed by atoms with E-state index in [0.29, 0.717) is 0 Å². The van der Waals surface area contributed by atoms with Gasteiger partial charge in [-0.3, -0.25) is 4.79 Å². The number of carbonyl (C=O) groups is 2. The van der Waals surface area contributed by atoms with Gasteiger partial charge < -0.3 is 20.0 Å². The standard InChI is InChI=1S/C25H28F2N2O4/c1-15-11-28(12-16(2)25(15,33)17-6-4-3-5-7-17)23(30)21-14-29(24(31)32)13-20(21)19-9-8-18(26)10-22(19)27/h3-10,15-16,20-21,33H,11-14H2,1-2H3,(H,31,32)/t15-,16+,20-,21+,25-/m0/s1. The van der Waals surface area contributed by atoms with Crippen molar-refractivity contribution in [2.24, 2.45) is 17.8 Å². The minimum Gasteiger partial charge on any atom is -0.465 e. The molecule has 0 unspecified atom stereocenters. The van der Waals surface area contributed by atoms with Crippen LogP contribution in [0.5, 0.6) is 0 Å². The van der Waals surface area contributed by atoms with Gasteiger partial charge in [-0.2, -0.15) is 0 Å². The summed E-state index contributed by atoms with van der Waals surface area (Å²) in [5.74, 6) is -3.84. The molecule has 0 aliphatic carbocycles. The fourth-order valence-electron chi connectivity index (χ4n) is 5.52. The average Bonchev–Trinajstić information content (AvgIpc) is 3.22. The molecule has 2 heterocycles. The van der Waals surface area contributed by atoms with Crippen molar-refractivity contribution in [3.8, 4) is 0 Å². The van der Waals surface area contributed by atoms with E-state index in [1.165, 1.54) is 6.07 Å². The third-order valence-corrected chi connectivity index (χ3v) is 7.31. The summed E-state index contributed by atoms with van der Waals surface area (Å²) in [6.07, 6.45) is -1.18. The molecule has 4 rings (SSSR count). The van der Waals surface area contributed by atoms with Crippen LogP contribution in [0.4, 0.5) is 13.6 Å². The third kappa shape index (κ3) is 4.08. The van der Waals surface area contributed by atoms with Crippen molar-refractivity contribution in [3.63, 3.8) is 0 Å². The first kappa shape index (κ1) is 23.2. The van der Waals surface area contributed by atoms with Gasteiger partial charge >= 0.3 is 6.09 Å². The molecule has 6 nitrogen and oxygen atoms in total. The maximum Gasteiger partial charge on any atom is 0.407 e. The minimum absolute atomic E-state index is 0.0405. The molecule has 176 valence electrons. The van der Waals surface area contributed by atoms with Crippen molar-refractivity contribution >= 4 is 12.0 Å². The number of piperidine rings is 1. The van der Waals surface area contributed by atoms with Crippen molar-refractivity contribution in [1.29, 1.82) is 0 Å². The normalized spacial score (nSPS) is 29.8. The fourth-order valence-corrected chi connectivity index (χ4v) is 5.52. The van der Waals surface area contributed by atoms with Crippen LogP contribution >= 0.6 is 0 Å². The molecule has 0 bridgehead atoms. The summed E-state index contributed by atoms with van der Waals surface area (Å²) in [4.78, 5) is 28.0. The SMILES string of the molecule is C[C@@H]1CN(C(=O)[C@@H]2CN(C(=O)O)C[C@H]2c2ccc(F)cc2F)C[C@H](C)[C@@]1(O)c1ccccc1. The van der Waals surface area contributed by atoms with E-state index >= 15 is 0 Å². The number of carboxylic acid groups (broad SMARTS) is 1. The lowest BCUT2D eigenvalue weighted by atomic mass is 9.70. The number of nitrogens with zero attached hydrogens (tertiary/aromatic N) is 2. The van der Waals surface area contributed by atoms with Gasteiger partial charge in [-0.1, -0.05) is 50.2 Å². The lowest BCUT2D eigenvalue weighted by Gasteiger charge is -2.48. The summed E-state index contributed by atoms with van der Waals surface area (Å²) < 4.78 is 28.0. The molecular formula is C25H28F2N2O4. The highest BCUT2D eigenvalue weighted by Gasteiger charge is 2.49. The van der Waals surface area contributed by atoms with Gasteiger partial charge in [0.15, 0.2) is 0 Å². The average molecular weight is 459 g/mol. The number of rotatable bonds is 3. The Bertz CT molecular complexity index is 1040. The molecule has 2 aliphatic heterocycles. The lowest BCUT2D eigenvalue weighted by molar-refractivity contribution is -0.152. The van der Waals surface area contributed by atoms with Gasteiger partial charge in [-0.25, -0.2) is 13.6 Å². The monoisotopic (exact) mass is 458 g/mol. The number of likely N-dealkylation sites (tertiary alicyclic amines) is 2. The van der Waals surface area contributed by atoms with Crippen LogP contribution in [-0.4, -0.2) is 58.2 Å². The van der Waals surface area contributed by atoms with Gasteiger partial charge in [0.05, 0.1) is 11.5 Å². The molecule has 0 radical (unpaired) electrons. The maximum absolute atomic E-state index is 14.6. The third-order valence-electron chi connectivity index (χ3n) is 7.31. The Labute approximate surface area is 191 Å². The van der Waals surface area contributed by atoms with Gasteiger partial charge in [0.1, 0.15) is 11.6 Å². The van der Waals surface area contributed by atoms with Crippen molar-refractivity contribution in [3.05, 3.63) is 71.3 Å². The van der Waals surface area contributed by atoms with E-state index in [-0.39, 0.29) is 49.5 Å². The molecule has 33 heavy (non-hydrogen) atoms. The van der Waals surface area contributed by atoms with E-state index in [0.717, 1.165) is 22.6 Å². The van der Waals surface area contributed by atoms with Crippen molar-refractivity contribution < 1.29 is 28.6 Å². The van der Waals surface area contributed by atoms with Gasteiger partial charge in [-0.05, 0) is 17.2 Å². The molecule has 8 heteroatoms. The summed E-state index contributed by atoms with van der Waals surface area (Å²) >= 11 is 0. The number of hydrogen-bond donors (Lipinski definition) is 2. The number of halogens is 2. The van der Waals surface area contributed by atoms with E-state index in [1.54, 1.807) is 4.90 Å². The van der Waals surface area contributed by atoms with Crippen LogP contribution in [-0.2, 0) is 10.4 Å². The van der Waals surface area contributed by atoms with Crippen LogP contribution in [0.1, 0.15) is 30.9 Å². The van der Waals surface area contributed by atoms with E-state index in [1.807, 2.05) is 44.2 Å². The van der Waals surface area contributed by atoms with Gasteiger partial charge in [0, 0.05) is 50.0 Å². The molecule has 2 aliphatic rings. The van der Waals surface area contributed by atoms with Crippen LogP contribution in [0.3, 0.4) is 0 Å². The molecular weight excluding hydrogens is 430 g/mol. The summed E-state index contributed by atoms with van der Waals surface area (Å²) in [5, 5.41) is 21.0. The van der Waals surface area contributed by atoms with Gasteiger partial charge in [-0.15, -0.1) is 0 Å². The second-order valence-corrected chi connectivity index (χ2v) is 9.30. The number of carbonyl (C=O) groups excluding carboxylic acids is 1. The Hall–Kier alpha value is -3.00. The number of amides is 2. The van der Waals surface area contributed by atoms with Crippen molar-refractivity contribution in [2.45, 2.75) is 25.4 Å². The van der Waals surface area contributed by atoms with Gasteiger partial charge in [0.25, 0.3) is 0 Å². The molecule has 0 saturated carbocycles. The molecule has 5 atom stereocenters. The van der Waals surface area contributed by atoms with Crippen molar-refractivity contribution in [1.82, 2.24) is 9.80 Å². The van der Waals surface area contributed by atoms with Crippen LogP contribution < -0.4 is 0 Å². The minimum atomic E-state index is -1.18. The zero-order chi connectivity index (χ0) is 23.9. The van der Waals surface area contributed by atoms with E-state index in [4.69, 9.17) is 0 Å². The number of hydrogen-bond acceptors (Lipinski definition) is 3. The zero-order valence-electron chi connectivity index (χ0n) is 18.6. The van der Waals surface area contributed by atoms with Crippen LogP contribution in [0.25, 0.3) is 0 Å². The van der Waals surface area contributed by atoms with E-state index in [2.05, 4.69) is 0 Å². The van der Waals surface area contributed by atoms with Gasteiger partial charge in [0.2, 0.25) is 5.91 Å². The largest absolute Gasteiger partial charge is 0.465 e. The first-order chi connectivity index (χ1) is 15.6. The molecule has 2 amide bonds. The Kier molecular flexibility index (Phi) is 6.14. The predicted octanol–water partition coefficient (Wildman–Crippen LogP) is 3.66. The van der Waals surface area contributed by atoms with Crippen LogP contribution in [0, 0.1) is 29.4 Å². The Morgan fingerprint density at radius 3 is 2.15 bits per heavy atom. The Balaban J connectivity index is 1.60. The Morgan fingerprint density at radius 2 is 1.58 bits per heavy atom. The highest BCUT2D eigenvalue weighted by molar-refractivity contribution is 5.82. The summed E-state index contributed by atoms with van der Waals surface area (Å²) in [7, 11) is 0. The van der Waals surface area contributed by atoms with Crippen molar-refractivity contribution in [2.75, 3.05) is 26.2 Å². The van der Waals surface area contributed by atoms with Crippen LogP contribution in [0.2, 0.25) is 0 Å². The second kappa shape index (κ2) is 8.74. The first-order valence-electron chi connectivity index (χ1n) is 11.1. The molecule has 2 aromatic carbocycles. The maximum atomic E-state index is 14.6. The summed E-state index contributed by atoms with van der Waals surface area (Å²) in [6.45, 7) is 4.25. The number of benzene rings is 2. The molecule has 2 aromatic rings. The highest BCUT2D eigenvalue weighted by Crippen LogP contribution is 2.43. The summed E-state index contributed by atoms with van der Waals surface area (Å²) in [6, 6.07) is 12.5. The smallest absolute Gasteiger partial charge is 0.407 e.